The van der Waals surface area contributed by atoms with Gasteiger partial charge in [0, 0.05) is 39.2 Å². The zero-order chi connectivity index (χ0) is 32.7. The molecule has 0 amide bonds. The Kier molecular flexibility index (Phi) is 5.95. The van der Waals surface area contributed by atoms with Gasteiger partial charge >= 0.3 is 0 Å². The molecule has 0 spiro atoms. The van der Waals surface area contributed by atoms with E-state index in [4.69, 9.17) is 4.42 Å². The third-order valence-corrected chi connectivity index (χ3v) is 10.7. The van der Waals surface area contributed by atoms with Crippen molar-refractivity contribution in [2.75, 3.05) is 4.90 Å². The fraction of sp³-hybridized carbons (Fsp3) is 0.0638. The van der Waals surface area contributed by atoms with Crippen LogP contribution in [0.1, 0.15) is 25.0 Å². The van der Waals surface area contributed by atoms with E-state index in [0.29, 0.717) is 0 Å². The second-order valence-corrected chi connectivity index (χ2v) is 13.7. The van der Waals surface area contributed by atoms with E-state index < -0.39 is 0 Å². The van der Waals surface area contributed by atoms with Gasteiger partial charge in [-0.1, -0.05) is 135 Å². The molecule has 1 aliphatic rings. The molecular formula is C47H33NO. The molecule has 1 aromatic heterocycles. The van der Waals surface area contributed by atoms with Gasteiger partial charge in [0.15, 0.2) is 0 Å². The van der Waals surface area contributed by atoms with Crippen LogP contribution in [-0.4, -0.2) is 0 Å². The Morgan fingerprint density at radius 1 is 0.429 bits per heavy atom. The summed E-state index contributed by atoms with van der Waals surface area (Å²) >= 11 is 0. The van der Waals surface area contributed by atoms with Crippen molar-refractivity contribution in [3.05, 3.63) is 175 Å². The van der Waals surface area contributed by atoms with Crippen molar-refractivity contribution in [2.24, 2.45) is 0 Å². The van der Waals surface area contributed by atoms with Crippen molar-refractivity contribution < 1.29 is 4.42 Å². The van der Waals surface area contributed by atoms with Crippen molar-refractivity contribution in [3.8, 4) is 22.3 Å². The Morgan fingerprint density at radius 2 is 1.04 bits per heavy atom. The first-order valence-corrected chi connectivity index (χ1v) is 17.0. The van der Waals surface area contributed by atoms with Crippen LogP contribution in [0.2, 0.25) is 0 Å². The van der Waals surface area contributed by atoms with Crippen LogP contribution in [0, 0.1) is 0 Å². The molecule has 232 valence electrons. The first kappa shape index (κ1) is 27.9. The second-order valence-electron chi connectivity index (χ2n) is 13.7. The SMILES string of the molecule is CC1(C)c2ccccc2-c2cc(N(c3ccc4c(c3)oc3ccccc34)c3ccc4ccccc4c3-c3cccc4ccccc34)ccc21. The molecule has 0 aliphatic heterocycles. The number of benzene rings is 8. The van der Waals surface area contributed by atoms with Gasteiger partial charge in [-0.15, -0.1) is 0 Å². The summed E-state index contributed by atoms with van der Waals surface area (Å²) in [7, 11) is 0. The standard InChI is InChI=1S/C47H33NO/c1-47(2)41-20-9-7-17-36(41)40-28-32(24-26-42(40)47)48(33-23-25-38-37-18-8-10-21-44(37)49-45(38)29-33)43-27-22-31-13-4-6-16-35(31)46(43)39-19-11-14-30-12-3-5-15-34(30)39/h3-29H,1-2H3. The Labute approximate surface area is 285 Å². The topological polar surface area (TPSA) is 16.4 Å². The molecule has 10 rings (SSSR count). The molecule has 0 fully saturated rings. The molecule has 2 heteroatoms. The molecule has 0 atom stereocenters. The monoisotopic (exact) mass is 627 g/mol. The fourth-order valence-corrected chi connectivity index (χ4v) is 8.30. The number of furan rings is 1. The molecule has 1 heterocycles. The summed E-state index contributed by atoms with van der Waals surface area (Å²) in [5.74, 6) is 0. The van der Waals surface area contributed by atoms with Crippen LogP contribution in [0.15, 0.2) is 168 Å². The zero-order valence-corrected chi connectivity index (χ0v) is 27.4. The minimum Gasteiger partial charge on any atom is -0.456 e. The summed E-state index contributed by atoms with van der Waals surface area (Å²) in [5, 5.41) is 7.15. The van der Waals surface area contributed by atoms with Crippen LogP contribution in [0.5, 0.6) is 0 Å². The molecule has 9 aromatic rings. The molecule has 0 N–H and O–H groups in total. The summed E-state index contributed by atoms with van der Waals surface area (Å²) < 4.78 is 6.48. The van der Waals surface area contributed by atoms with E-state index >= 15 is 0 Å². The molecule has 0 unspecified atom stereocenters. The number of rotatable bonds is 4. The highest BCUT2D eigenvalue weighted by Gasteiger charge is 2.35. The highest BCUT2D eigenvalue weighted by molar-refractivity contribution is 6.12. The quantitative estimate of drug-likeness (QED) is 0.193. The van der Waals surface area contributed by atoms with E-state index in [9.17, 15) is 0 Å². The number of fused-ring (bicyclic) bond motifs is 8. The van der Waals surface area contributed by atoms with Crippen molar-refractivity contribution in [1.29, 1.82) is 0 Å². The van der Waals surface area contributed by atoms with Crippen LogP contribution in [0.25, 0.3) is 65.7 Å². The lowest BCUT2D eigenvalue weighted by atomic mass is 9.82. The molecule has 2 nitrogen and oxygen atoms in total. The maximum absolute atomic E-state index is 6.48. The van der Waals surface area contributed by atoms with Crippen LogP contribution in [0.4, 0.5) is 17.1 Å². The highest BCUT2D eigenvalue weighted by atomic mass is 16.3. The van der Waals surface area contributed by atoms with Crippen LogP contribution in [0.3, 0.4) is 0 Å². The van der Waals surface area contributed by atoms with Gasteiger partial charge in [0.05, 0.1) is 5.69 Å². The molecule has 1 aliphatic carbocycles. The molecule has 49 heavy (non-hydrogen) atoms. The summed E-state index contributed by atoms with van der Waals surface area (Å²) in [4.78, 5) is 2.43. The van der Waals surface area contributed by atoms with Gasteiger partial charge < -0.3 is 9.32 Å². The molecule has 0 saturated carbocycles. The van der Waals surface area contributed by atoms with E-state index in [1.807, 2.05) is 6.07 Å². The Hall–Kier alpha value is -6.12. The lowest BCUT2D eigenvalue weighted by molar-refractivity contribution is 0.660. The van der Waals surface area contributed by atoms with Crippen LogP contribution in [-0.2, 0) is 5.41 Å². The minimum absolute atomic E-state index is 0.0699. The predicted molar refractivity (Wildman–Crippen MR) is 206 cm³/mol. The summed E-state index contributed by atoms with van der Waals surface area (Å²) in [5.41, 5.74) is 12.8. The van der Waals surface area contributed by atoms with E-state index in [1.165, 1.54) is 54.9 Å². The molecule has 8 aromatic carbocycles. The van der Waals surface area contributed by atoms with Crippen LogP contribution >= 0.6 is 0 Å². The fourth-order valence-electron chi connectivity index (χ4n) is 8.30. The lowest BCUT2D eigenvalue weighted by Crippen LogP contribution is -2.15. The van der Waals surface area contributed by atoms with Crippen LogP contribution < -0.4 is 4.90 Å². The Bertz CT molecular complexity index is 2760. The maximum atomic E-state index is 6.48. The average molecular weight is 628 g/mol. The predicted octanol–water partition coefficient (Wildman–Crippen LogP) is 13.3. The lowest BCUT2D eigenvalue weighted by Gasteiger charge is -2.30. The van der Waals surface area contributed by atoms with Crippen molar-refractivity contribution in [1.82, 2.24) is 0 Å². The Morgan fingerprint density at radius 3 is 1.92 bits per heavy atom. The van der Waals surface area contributed by atoms with E-state index in [0.717, 1.165) is 39.0 Å². The molecular weight excluding hydrogens is 595 g/mol. The molecule has 0 saturated heterocycles. The Balaban J connectivity index is 1.29. The van der Waals surface area contributed by atoms with Gasteiger partial charge in [0.2, 0.25) is 0 Å². The third-order valence-electron chi connectivity index (χ3n) is 10.7. The van der Waals surface area contributed by atoms with E-state index in [-0.39, 0.29) is 5.41 Å². The van der Waals surface area contributed by atoms with E-state index in [1.54, 1.807) is 0 Å². The molecule has 0 bridgehead atoms. The number of anilines is 3. The number of hydrogen-bond donors (Lipinski definition) is 0. The van der Waals surface area contributed by atoms with Gasteiger partial charge in [-0.2, -0.15) is 0 Å². The number of hydrogen-bond acceptors (Lipinski definition) is 2. The van der Waals surface area contributed by atoms with Crippen molar-refractivity contribution >= 4 is 60.5 Å². The van der Waals surface area contributed by atoms with Gasteiger partial charge in [-0.25, -0.2) is 0 Å². The summed E-state index contributed by atoms with van der Waals surface area (Å²) in [6.45, 7) is 4.68. The number of para-hydroxylation sites is 1. The second kappa shape index (κ2) is 10.4. The first-order valence-electron chi connectivity index (χ1n) is 17.0. The summed E-state index contributed by atoms with van der Waals surface area (Å²) in [6, 6.07) is 59.6. The van der Waals surface area contributed by atoms with Gasteiger partial charge in [-0.3, -0.25) is 0 Å². The first-order chi connectivity index (χ1) is 24.1. The van der Waals surface area contributed by atoms with Crippen molar-refractivity contribution in [3.63, 3.8) is 0 Å². The van der Waals surface area contributed by atoms with Gasteiger partial charge in [0.25, 0.3) is 0 Å². The zero-order valence-electron chi connectivity index (χ0n) is 27.4. The number of nitrogens with zero attached hydrogens (tertiary/aromatic N) is 1. The molecule has 0 radical (unpaired) electrons. The normalized spacial score (nSPS) is 13.3. The van der Waals surface area contributed by atoms with Gasteiger partial charge in [-0.05, 0) is 85.8 Å². The van der Waals surface area contributed by atoms with Gasteiger partial charge in [0.1, 0.15) is 11.2 Å². The third kappa shape index (κ3) is 4.14. The smallest absolute Gasteiger partial charge is 0.137 e. The largest absolute Gasteiger partial charge is 0.456 e. The average Bonchev–Trinajstić information content (AvgIpc) is 3.63. The van der Waals surface area contributed by atoms with Crippen molar-refractivity contribution in [2.45, 2.75) is 19.3 Å². The van der Waals surface area contributed by atoms with E-state index in [2.05, 4.69) is 176 Å². The highest BCUT2D eigenvalue weighted by Crippen LogP contribution is 2.52. The maximum Gasteiger partial charge on any atom is 0.137 e. The summed E-state index contributed by atoms with van der Waals surface area (Å²) in [6.07, 6.45) is 0. The minimum atomic E-state index is -0.0699.